The Bertz CT molecular complexity index is 816. The molecule has 4 rings (SSSR count). The van der Waals surface area contributed by atoms with E-state index in [4.69, 9.17) is 11.6 Å². The zero-order valence-electron chi connectivity index (χ0n) is 16.6. The fourth-order valence-electron chi connectivity index (χ4n) is 4.26. The van der Waals surface area contributed by atoms with Gasteiger partial charge in [-0.25, -0.2) is 0 Å². The van der Waals surface area contributed by atoms with E-state index >= 15 is 0 Å². The lowest BCUT2D eigenvalue weighted by molar-refractivity contribution is -0.137. The number of amides is 1. The number of fused-ring (bicyclic) bond motifs is 1. The van der Waals surface area contributed by atoms with E-state index in [-0.39, 0.29) is 5.92 Å². The molecule has 1 amide bonds. The molecule has 0 saturated carbocycles. The second kappa shape index (κ2) is 8.66. The third kappa shape index (κ3) is 4.10. The molecule has 2 fully saturated rings. The average molecular weight is 405 g/mol. The SMILES string of the molecule is CCCCN1CCN(C(=O)[C@H]2CCCN(c3nnc4ccc(Cl)cn34)C2)CC1. The van der Waals surface area contributed by atoms with Crippen LogP contribution in [-0.2, 0) is 4.79 Å². The monoisotopic (exact) mass is 404 g/mol. The first kappa shape index (κ1) is 19.5. The van der Waals surface area contributed by atoms with Crippen LogP contribution in [0.25, 0.3) is 5.65 Å². The van der Waals surface area contributed by atoms with Gasteiger partial charge in [0.05, 0.1) is 10.9 Å². The number of aromatic nitrogens is 3. The second-order valence-electron chi connectivity index (χ2n) is 7.88. The van der Waals surface area contributed by atoms with Crippen LogP contribution in [-0.4, -0.2) is 76.1 Å². The molecular formula is C20H29ClN6O. The Hall–Kier alpha value is -1.86. The summed E-state index contributed by atoms with van der Waals surface area (Å²) in [5, 5.41) is 9.24. The van der Waals surface area contributed by atoms with Gasteiger partial charge in [0, 0.05) is 45.5 Å². The smallest absolute Gasteiger partial charge is 0.231 e. The highest BCUT2D eigenvalue weighted by Gasteiger charge is 2.32. The minimum absolute atomic E-state index is 0.0301. The van der Waals surface area contributed by atoms with E-state index in [1.807, 2.05) is 22.7 Å². The van der Waals surface area contributed by atoms with Gasteiger partial charge in [0.15, 0.2) is 5.65 Å². The van der Waals surface area contributed by atoms with Gasteiger partial charge < -0.3 is 9.80 Å². The maximum Gasteiger partial charge on any atom is 0.231 e. The number of halogens is 1. The summed E-state index contributed by atoms with van der Waals surface area (Å²) < 4.78 is 1.92. The van der Waals surface area contributed by atoms with Gasteiger partial charge in [-0.3, -0.25) is 14.1 Å². The molecule has 8 heteroatoms. The predicted octanol–water partition coefficient (Wildman–Crippen LogP) is 2.54. The lowest BCUT2D eigenvalue weighted by Gasteiger charge is -2.39. The molecule has 0 aromatic carbocycles. The number of nitrogens with zero attached hydrogens (tertiary/aromatic N) is 6. The van der Waals surface area contributed by atoms with E-state index < -0.39 is 0 Å². The molecular weight excluding hydrogens is 376 g/mol. The van der Waals surface area contributed by atoms with Gasteiger partial charge in [0.1, 0.15) is 0 Å². The minimum Gasteiger partial charge on any atom is -0.340 e. The van der Waals surface area contributed by atoms with Gasteiger partial charge in [-0.2, -0.15) is 0 Å². The van der Waals surface area contributed by atoms with Crippen molar-refractivity contribution in [3.63, 3.8) is 0 Å². The molecule has 152 valence electrons. The van der Waals surface area contributed by atoms with Crippen LogP contribution in [0.2, 0.25) is 5.02 Å². The number of carbonyl (C=O) groups excluding carboxylic acids is 1. The maximum absolute atomic E-state index is 13.1. The molecule has 2 saturated heterocycles. The first-order valence-corrected chi connectivity index (χ1v) is 10.8. The topological polar surface area (TPSA) is 57.0 Å². The van der Waals surface area contributed by atoms with Crippen molar-refractivity contribution in [2.24, 2.45) is 5.92 Å². The number of carbonyl (C=O) groups is 1. The lowest BCUT2D eigenvalue weighted by atomic mass is 9.96. The van der Waals surface area contributed by atoms with Crippen LogP contribution in [0.15, 0.2) is 18.3 Å². The molecule has 0 spiro atoms. The summed E-state index contributed by atoms with van der Waals surface area (Å²) in [6.45, 7) is 8.65. The minimum atomic E-state index is 0.0301. The number of anilines is 1. The van der Waals surface area contributed by atoms with Crippen LogP contribution < -0.4 is 4.90 Å². The van der Waals surface area contributed by atoms with Crippen LogP contribution in [0.3, 0.4) is 0 Å². The van der Waals surface area contributed by atoms with Crippen LogP contribution in [0.1, 0.15) is 32.6 Å². The normalized spacial score (nSPS) is 21.4. The number of hydrogen-bond acceptors (Lipinski definition) is 5. The van der Waals surface area contributed by atoms with E-state index in [0.717, 1.165) is 63.7 Å². The van der Waals surface area contributed by atoms with Crippen LogP contribution in [0, 0.1) is 5.92 Å². The Morgan fingerprint density at radius 3 is 2.79 bits per heavy atom. The highest BCUT2D eigenvalue weighted by atomic mass is 35.5. The van der Waals surface area contributed by atoms with Crippen molar-refractivity contribution in [1.29, 1.82) is 0 Å². The van der Waals surface area contributed by atoms with Gasteiger partial charge in [0.2, 0.25) is 11.9 Å². The Morgan fingerprint density at radius 1 is 1.18 bits per heavy atom. The molecule has 7 nitrogen and oxygen atoms in total. The fraction of sp³-hybridized carbons (Fsp3) is 0.650. The second-order valence-corrected chi connectivity index (χ2v) is 8.32. The number of piperidine rings is 1. The van der Waals surface area contributed by atoms with Crippen molar-refractivity contribution in [3.8, 4) is 0 Å². The van der Waals surface area contributed by atoms with Gasteiger partial charge >= 0.3 is 0 Å². The third-order valence-corrected chi connectivity index (χ3v) is 6.14. The number of rotatable bonds is 5. The summed E-state index contributed by atoms with van der Waals surface area (Å²) in [5.74, 6) is 1.11. The highest BCUT2D eigenvalue weighted by molar-refractivity contribution is 6.30. The molecule has 4 heterocycles. The van der Waals surface area contributed by atoms with Crippen LogP contribution >= 0.6 is 11.6 Å². The molecule has 0 bridgehead atoms. The number of piperazine rings is 1. The fourth-order valence-corrected chi connectivity index (χ4v) is 4.42. The zero-order valence-corrected chi connectivity index (χ0v) is 17.3. The van der Waals surface area contributed by atoms with Gasteiger partial charge in [-0.05, 0) is 37.9 Å². The van der Waals surface area contributed by atoms with Crippen molar-refractivity contribution in [2.75, 3.05) is 50.7 Å². The molecule has 28 heavy (non-hydrogen) atoms. The largest absolute Gasteiger partial charge is 0.340 e. The zero-order chi connectivity index (χ0) is 19.5. The first-order valence-electron chi connectivity index (χ1n) is 10.4. The van der Waals surface area contributed by atoms with Crippen molar-refractivity contribution >= 4 is 29.1 Å². The summed E-state index contributed by atoms with van der Waals surface area (Å²) in [7, 11) is 0. The summed E-state index contributed by atoms with van der Waals surface area (Å²) in [4.78, 5) is 19.8. The average Bonchev–Trinajstić information content (AvgIpc) is 3.15. The van der Waals surface area contributed by atoms with Crippen molar-refractivity contribution in [1.82, 2.24) is 24.4 Å². The van der Waals surface area contributed by atoms with E-state index in [2.05, 4.69) is 31.8 Å². The summed E-state index contributed by atoms with van der Waals surface area (Å²) in [5.41, 5.74) is 0.774. The molecule has 2 aliphatic heterocycles. The summed E-state index contributed by atoms with van der Waals surface area (Å²) in [6.07, 6.45) is 6.24. The number of pyridine rings is 1. The van der Waals surface area contributed by atoms with Crippen molar-refractivity contribution in [3.05, 3.63) is 23.4 Å². The lowest BCUT2D eigenvalue weighted by Crippen LogP contribution is -2.52. The predicted molar refractivity (Wildman–Crippen MR) is 111 cm³/mol. The molecule has 0 radical (unpaired) electrons. The summed E-state index contributed by atoms with van der Waals surface area (Å²) >= 11 is 6.15. The molecule has 2 aliphatic rings. The van der Waals surface area contributed by atoms with E-state index in [1.165, 1.54) is 12.8 Å². The van der Waals surface area contributed by atoms with E-state index in [0.29, 0.717) is 17.5 Å². The van der Waals surface area contributed by atoms with Gasteiger partial charge in [0.25, 0.3) is 0 Å². The molecule has 2 aromatic rings. The standard InChI is InChI=1S/C20H29ClN6O/c1-2-3-8-24-10-12-25(13-11-24)19(28)16-5-4-9-26(14-16)20-23-22-18-7-6-17(21)15-27(18)20/h6-7,15-16H,2-5,8-14H2,1H3/t16-/m0/s1. The molecule has 0 unspecified atom stereocenters. The van der Waals surface area contributed by atoms with Crippen LogP contribution in [0.4, 0.5) is 5.95 Å². The molecule has 0 N–H and O–H groups in total. The quantitative estimate of drug-likeness (QED) is 0.766. The van der Waals surface area contributed by atoms with E-state index in [1.54, 1.807) is 0 Å². The summed E-state index contributed by atoms with van der Waals surface area (Å²) in [6, 6.07) is 3.68. The molecule has 1 atom stereocenters. The van der Waals surface area contributed by atoms with Gasteiger partial charge in [-0.1, -0.05) is 24.9 Å². The third-order valence-electron chi connectivity index (χ3n) is 5.91. The molecule has 0 aliphatic carbocycles. The first-order chi connectivity index (χ1) is 13.7. The number of unbranched alkanes of at least 4 members (excludes halogenated alkanes) is 1. The Balaban J connectivity index is 1.40. The Labute approximate surface area is 171 Å². The van der Waals surface area contributed by atoms with Crippen LogP contribution in [0.5, 0.6) is 0 Å². The van der Waals surface area contributed by atoms with E-state index in [9.17, 15) is 4.79 Å². The maximum atomic E-state index is 13.1. The van der Waals surface area contributed by atoms with Crippen molar-refractivity contribution < 1.29 is 4.79 Å². The highest BCUT2D eigenvalue weighted by Crippen LogP contribution is 2.25. The molecule has 2 aromatic heterocycles. The van der Waals surface area contributed by atoms with Gasteiger partial charge in [-0.15, -0.1) is 10.2 Å². The Morgan fingerprint density at radius 2 is 2.00 bits per heavy atom. The Kier molecular flexibility index (Phi) is 6.01. The van der Waals surface area contributed by atoms with Crippen molar-refractivity contribution in [2.45, 2.75) is 32.6 Å². The number of hydrogen-bond donors (Lipinski definition) is 0.